The molecule has 108 valence electrons. The maximum absolute atomic E-state index is 12.1. The van der Waals surface area contributed by atoms with Crippen molar-refractivity contribution in [2.45, 2.75) is 6.92 Å². The highest BCUT2D eigenvalue weighted by atomic mass is 16.6. The van der Waals surface area contributed by atoms with Gasteiger partial charge in [0.2, 0.25) is 5.76 Å². The molecule has 0 saturated carbocycles. The van der Waals surface area contributed by atoms with Gasteiger partial charge in [-0.15, -0.1) is 0 Å². The molecule has 2 aromatic rings. The van der Waals surface area contributed by atoms with E-state index in [9.17, 15) is 4.79 Å². The Morgan fingerprint density at radius 3 is 2.81 bits per heavy atom. The quantitative estimate of drug-likeness (QED) is 0.937. The number of aromatic nitrogens is 2. The molecule has 0 spiro atoms. The zero-order valence-corrected chi connectivity index (χ0v) is 11.6. The van der Waals surface area contributed by atoms with Crippen LogP contribution in [0.15, 0.2) is 48.4 Å². The van der Waals surface area contributed by atoms with Gasteiger partial charge in [0.1, 0.15) is 25.3 Å². The first-order valence-electron chi connectivity index (χ1n) is 6.62. The van der Waals surface area contributed by atoms with Crippen LogP contribution < -0.4 is 5.32 Å². The van der Waals surface area contributed by atoms with Crippen LogP contribution in [0, 0.1) is 6.92 Å². The fourth-order valence-corrected chi connectivity index (χ4v) is 2.02. The minimum Gasteiger partial charge on any atom is -0.494 e. The maximum Gasteiger partial charge on any atom is 0.295 e. The van der Waals surface area contributed by atoms with Crippen LogP contribution in [-0.4, -0.2) is 28.9 Å². The fourth-order valence-electron chi connectivity index (χ4n) is 2.02. The Hall–Kier alpha value is -2.76. The van der Waals surface area contributed by atoms with E-state index >= 15 is 0 Å². The van der Waals surface area contributed by atoms with Crippen LogP contribution in [0.2, 0.25) is 0 Å². The number of benzene rings is 1. The van der Waals surface area contributed by atoms with E-state index in [1.54, 1.807) is 10.7 Å². The van der Waals surface area contributed by atoms with Crippen LogP contribution in [0.5, 0.6) is 0 Å². The van der Waals surface area contributed by atoms with Gasteiger partial charge in [0.15, 0.2) is 0 Å². The fraction of sp³-hybridized carbons (Fsp3) is 0.200. The molecule has 0 atom stereocenters. The minimum absolute atomic E-state index is 0.166. The second kappa shape index (κ2) is 5.70. The first-order valence-corrected chi connectivity index (χ1v) is 6.62. The van der Waals surface area contributed by atoms with Crippen molar-refractivity contribution >= 4 is 11.7 Å². The van der Waals surface area contributed by atoms with Crippen molar-refractivity contribution in [3.05, 3.63) is 54.1 Å². The molecular formula is C15H15N3O3. The van der Waals surface area contributed by atoms with Gasteiger partial charge in [-0.25, -0.2) is 4.68 Å². The lowest BCUT2D eigenvalue weighted by Crippen LogP contribution is -2.22. The van der Waals surface area contributed by atoms with Gasteiger partial charge in [0, 0.05) is 6.07 Å². The van der Waals surface area contributed by atoms with Crippen molar-refractivity contribution < 1.29 is 14.3 Å². The van der Waals surface area contributed by atoms with Crippen molar-refractivity contribution in [2.75, 3.05) is 18.5 Å². The van der Waals surface area contributed by atoms with E-state index in [2.05, 4.69) is 10.4 Å². The lowest BCUT2D eigenvalue weighted by Gasteiger charge is -2.15. The molecule has 1 aromatic carbocycles. The summed E-state index contributed by atoms with van der Waals surface area (Å²) in [6, 6.07) is 11.4. The van der Waals surface area contributed by atoms with Gasteiger partial charge >= 0.3 is 0 Å². The van der Waals surface area contributed by atoms with Crippen LogP contribution in [0.3, 0.4) is 0 Å². The summed E-state index contributed by atoms with van der Waals surface area (Å²) in [7, 11) is 0. The van der Waals surface area contributed by atoms with E-state index in [1.807, 2.05) is 37.3 Å². The molecule has 6 heteroatoms. The number of carbonyl (C=O) groups excluding carboxylic acids is 1. The zero-order valence-electron chi connectivity index (χ0n) is 11.6. The van der Waals surface area contributed by atoms with Gasteiger partial charge in [-0.05, 0) is 19.1 Å². The summed E-state index contributed by atoms with van der Waals surface area (Å²) in [6.07, 6.45) is 1.33. The molecule has 0 aliphatic carbocycles. The molecule has 6 nitrogen and oxygen atoms in total. The predicted octanol–water partition coefficient (Wildman–Crippen LogP) is 2.01. The van der Waals surface area contributed by atoms with Crippen molar-refractivity contribution in [2.24, 2.45) is 0 Å². The average Bonchev–Trinajstić information content (AvgIpc) is 2.89. The van der Waals surface area contributed by atoms with Crippen LogP contribution in [-0.2, 0) is 14.3 Å². The van der Waals surface area contributed by atoms with E-state index in [0.717, 1.165) is 11.4 Å². The molecule has 2 heterocycles. The molecule has 0 saturated heterocycles. The minimum atomic E-state index is -0.355. The number of rotatable bonds is 3. The van der Waals surface area contributed by atoms with Crippen LogP contribution in [0.25, 0.3) is 5.69 Å². The Balaban J connectivity index is 1.86. The largest absolute Gasteiger partial charge is 0.494 e. The molecule has 0 unspecified atom stereocenters. The summed E-state index contributed by atoms with van der Waals surface area (Å²) in [5, 5.41) is 7.18. The number of para-hydroxylation sites is 1. The number of hydrogen-bond donors (Lipinski definition) is 1. The van der Waals surface area contributed by atoms with Crippen LogP contribution in [0.4, 0.5) is 5.82 Å². The Kier molecular flexibility index (Phi) is 3.59. The third-order valence-electron chi connectivity index (χ3n) is 2.95. The summed E-state index contributed by atoms with van der Waals surface area (Å²) in [4.78, 5) is 12.1. The molecule has 0 bridgehead atoms. The number of ether oxygens (including phenoxy) is 2. The summed E-state index contributed by atoms with van der Waals surface area (Å²) < 4.78 is 12.0. The summed E-state index contributed by atoms with van der Waals surface area (Å²) in [5.74, 6) is 0.394. The van der Waals surface area contributed by atoms with Crippen molar-refractivity contribution in [1.29, 1.82) is 0 Å². The smallest absolute Gasteiger partial charge is 0.295 e. The maximum atomic E-state index is 12.1. The molecule has 1 aromatic heterocycles. The van der Waals surface area contributed by atoms with E-state index < -0.39 is 0 Å². The average molecular weight is 285 g/mol. The third-order valence-corrected chi connectivity index (χ3v) is 2.95. The number of amides is 1. The molecular weight excluding hydrogens is 270 g/mol. The molecule has 21 heavy (non-hydrogen) atoms. The van der Waals surface area contributed by atoms with Crippen LogP contribution in [0.1, 0.15) is 5.69 Å². The van der Waals surface area contributed by atoms with E-state index in [-0.39, 0.29) is 11.7 Å². The van der Waals surface area contributed by atoms with Gasteiger partial charge in [0.25, 0.3) is 5.91 Å². The topological polar surface area (TPSA) is 65.4 Å². The SMILES string of the molecule is Cc1cc(NC(=O)C2=COCCO2)n(-c2ccccc2)n1. The standard InChI is InChI=1S/C15H15N3O3/c1-11-9-14(16-15(19)13-10-20-7-8-21-13)18(17-11)12-5-3-2-4-6-12/h2-6,9-10H,7-8H2,1H3,(H,16,19). The monoisotopic (exact) mass is 285 g/mol. The number of hydrogen-bond acceptors (Lipinski definition) is 4. The van der Waals surface area contributed by atoms with E-state index in [0.29, 0.717) is 19.0 Å². The van der Waals surface area contributed by atoms with Crippen molar-refractivity contribution in [3.8, 4) is 5.69 Å². The first kappa shape index (κ1) is 13.2. The molecule has 1 aliphatic rings. The van der Waals surface area contributed by atoms with Crippen LogP contribution >= 0.6 is 0 Å². The predicted molar refractivity (Wildman–Crippen MR) is 76.9 cm³/mol. The Morgan fingerprint density at radius 2 is 2.10 bits per heavy atom. The Bertz CT molecular complexity index is 677. The molecule has 1 amide bonds. The van der Waals surface area contributed by atoms with Crippen molar-refractivity contribution in [1.82, 2.24) is 9.78 Å². The van der Waals surface area contributed by atoms with Gasteiger partial charge in [-0.3, -0.25) is 4.79 Å². The Labute approximate surface area is 122 Å². The lowest BCUT2D eigenvalue weighted by atomic mass is 10.3. The molecule has 0 fully saturated rings. The lowest BCUT2D eigenvalue weighted by molar-refractivity contribution is -0.117. The number of nitrogens with one attached hydrogen (secondary N) is 1. The molecule has 1 N–H and O–H groups in total. The molecule has 3 rings (SSSR count). The highest BCUT2D eigenvalue weighted by Gasteiger charge is 2.17. The highest BCUT2D eigenvalue weighted by molar-refractivity contribution is 6.01. The number of nitrogens with zero attached hydrogens (tertiary/aromatic N) is 2. The van der Waals surface area contributed by atoms with E-state index in [4.69, 9.17) is 9.47 Å². The van der Waals surface area contributed by atoms with Gasteiger partial charge in [-0.1, -0.05) is 18.2 Å². The highest BCUT2D eigenvalue weighted by Crippen LogP contribution is 2.18. The van der Waals surface area contributed by atoms with Crippen molar-refractivity contribution in [3.63, 3.8) is 0 Å². The second-order valence-electron chi connectivity index (χ2n) is 4.57. The number of carbonyl (C=O) groups is 1. The van der Waals surface area contributed by atoms with E-state index in [1.165, 1.54) is 6.26 Å². The summed E-state index contributed by atoms with van der Waals surface area (Å²) >= 11 is 0. The number of aryl methyl sites for hydroxylation is 1. The second-order valence-corrected chi connectivity index (χ2v) is 4.57. The number of anilines is 1. The summed E-state index contributed by atoms with van der Waals surface area (Å²) in [5.41, 5.74) is 1.68. The van der Waals surface area contributed by atoms with Gasteiger partial charge < -0.3 is 14.8 Å². The Morgan fingerprint density at radius 1 is 1.29 bits per heavy atom. The molecule has 0 radical (unpaired) electrons. The third kappa shape index (κ3) is 2.89. The zero-order chi connectivity index (χ0) is 14.7. The molecule has 1 aliphatic heterocycles. The summed E-state index contributed by atoms with van der Waals surface area (Å²) in [6.45, 7) is 2.70. The normalized spacial score (nSPS) is 13.9. The first-order chi connectivity index (χ1) is 10.2. The van der Waals surface area contributed by atoms with Gasteiger partial charge in [0.05, 0.1) is 11.4 Å². The van der Waals surface area contributed by atoms with Gasteiger partial charge in [-0.2, -0.15) is 5.10 Å².